The summed E-state index contributed by atoms with van der Waals surface area (Å²) < 4.78 is 16.0. The summed E-state index contributed by atoms with van der Waals surface area (Å²) in [7, 11) is 0. The van der Waals surface area contributed by atoms with Crippen LogP contribution in [0.25, 0.3) is 10.9 Å². The molecule has 140 valence electrons. The molecule has 0 radical (unpaired) electrons. The first-order chi connectivity index (χ1) is 13.5. The summed E-state index contributed by atoms with van der Waals surface area (Å²) in [5.41, 5.74) is 2.69. The Bertz CT molecular complexity index is 1190. The van der Waals surface area contributed by atoms with Gasteiger partial charge in [-0.2, -0.15) is 0 Å². The molecule has 0 aliphatic carbocycles. The van der Waals surface area contributed by atoms with E-state index in [1.54, 1.807) is 12.3 Å². The SMILES string of the molecule is O=C(O)c1cc(Br)cnc1Nc1ccc2c(ccn2Cc2cccc(F)c2)c1. The highest BCUT2D eigenvalue weighted by molar-refractivity contribution is 9.10. The number of carboxylic acids is 1. The zero-order valence-electron chi connectivity index (χ0n) is 14.6. The van der Waals surface area contributed by atoms with Crippen LogP contribution < -0.4 is 5.32 Å². The van der Waals surface area contributed by atoms with Gasteiger partial charge >= 0.3 is 5.97 Å². The van der Waals surface area contributed by atoms with Gasteiger partial charge in [0.2, 0.25) is 0 Å². The predicted octanol–water partition coefficient (Wildman–Crippen LogP) is 5.43. The van der Waals surface area contributed by atoms with Crippen molar-refractivity contribution in [3.63, 3.8) is 0 Å². The molecule has 4 aromatic rings. The Balaban J connectivity index is 1.62. The predicted molar refractivity (Wildman–Crippen MR) is 110 cm³/mol. The zero-order chi connectivity index (χ0) is 19.7. The first-order valence-electron chi connectivity index (χ1n) is 8.49. The summed E-state index contributed by atoms with van der Waals surface area (Å²) in [4.78, 5) is 15.6. The quantitative estimate of drug-likeness (QED) is 0.435. The number of nitrogens with zero attached hydrogens (tertiary/aromatic N) is 2. The van der Waals surface area contributed by atoms with E-state index < -0.39 is 5.97 Å². The number of aromatic carboxylic acids is 1. The van der Waals surface area contributed by atoms with Crippen molar-refractivity contribution in [1.29, 1.82) is 0 Å². The Morgan fingerprint density at radius 1 is 1.18 bits per heavy atom. The van der Waals surface area contributed by atoms with Crippen LogP contribution in [0.2, 0.25) is 0 Å². The summed E-state index contributed by atoms with van der Waals surface area (Å²) in [6.07, 6.45) is 3.49. The van der Waals surface area contributed by atoms with Crippen molar-refractivity contribution >= 4 is 44.3 Å². The molecular formula is C21H15BrFN3O2. The standard InChI is InChI=1S/C21H15BrFN3O2/c22-15-10-18(21(27)28)20(24-11-15)25-17-4-5-19-14(9-17)6-7-26(19)12-13-2-1-3-16(23)8-13/h1-11H,12H2,(H,24,25)(H,27,28). The van der Waals surface area contributed by atoms with Crippen molar-refractivity contribution in [1.82, 2.24) is 9.55 Å². The fourth-order valence-corrected chi connectivity index (χ4v) is 3.42. The van der Waals surface area contributed by atoms with Crippen molar-refractivity contribution in [2.24, 2.45) is 0 Å². The normalized spacial score (nSPS) is 10.9. The number of hydrogen-bond acceptors (Lipinski definition) is 3. The molecule has 0 aliphatic rings. The first kappa shape index (κ1) is 18.2. The molecule has 0 saturated heterocycles. The van der Waals surface area contributed by atoms with Gasteiger partial charge in [0.15, 0.2) is 0 Å². The smallest absolute Gasteiger partial charge is 0.339 e. The number of halogens is 2. The number of benzene rings is 2. The highest BCUT2D eigenvalue weighted by atomic mass is 79.9. The summed E-state index contributed by atoms with van der Waals surface area (Å²) in [6.45, 7) is 0.561. The Labute approximate surface area is 168 Å². The first-order valence-corrected chi connectivity index (χ1v) is 9.28. The molecule has 4 rings (SSSR count). The average molecular weight is 440 g/mol. The number of anilines is 2. The molecule has 0 aliphatic heterocycles. The van der Waals surface area contributed by atoms with Crippen LogP contribution in [0.3, 0.4) is 0 Å². The van der Waals surface area contributed by atoms with Crippen LogP contribution in [-0.4, -0.2) is 20.6 Å². The van der Waals surface area contributed by atoms with E-state index in [0.29, 0.717) is 11.0 Å². The Kier molecular flexibility index (Phi) is 4.83. The van der Waals surface area contributed by atoms with Gasteiger partial charge in [-0.3, -0.25) is 0 Å². The van der Waals surface area contributed by atoms with E-state index in [-0.39, 0.29) is 17.2 Å². The van der Waals surface area contributed by atoms with Gasteiger partial charge in [0, 0.05) is 40.0 Å². The van der Waals surface area contributed by atoms with Crippen LogP contribution in [-0.2, 0) is 6.54 Å². The number of rotatable bonds is 5. The highest BCUT2D eigenvalue weighted by Gasteiger charge is 2.13. The highest BCUT2D eigenvalue weighted by Crippen LogP contribution is 2.26. The number of fused-ring (bicyclic) bond motifs is 1. The monoisotopic (exact) mass is 439 g/mol. The minimum atomic E-state index is -1.06. The number of carboxylic acid groups (broad SMARTS) is 1. The Morgan fingerprint density at radius 2 is 2.04 bits per heavy atom. The van der Waals surface area contributed by atoms with E-state index in [1.807, 2.05) is 41.1 Å². The molecule has 7 heteroatoms. The average Bonchev–Trinajstić information content (AvgIpc) is 3.05. The third-order valence-electron chi connectivity index (χ3n) is 4.36. The lowest BCUT2D eigenvalue weighted by Gasteiger charge is -2.10. The van der Waals surface area contributed by atoms with E-state index in [9.17, 15) is 14.3 Å². The van der Waals surface area contributed by atoms with Gasteiger partial charge in [0.25, 0.3) is 0 Å². The van der Waals surface area contributed by atoms with Crippen LogP contribution in [0.15, 0.2) is 71.5 Å². The molecule has 0 atom stereocenters. The molecule has 0 spiro atoms. The van der Waals surface area contributed by atoms with Gasteiger partial charge < -0.3 is 15.0 Å². The van der Waals surface area contributed by atoms with Crippen LogP contribution in [0, 0.1) is 5.82 Å². The molecule has 0 bridgehead atoms. The van der Waals surface area contributed by atoms with Gasteiger partial charge in [-0.25, -0.2) is 14.2 Å². The minimum absolute atomic E-state index is 0.0816. The number of aromatic nitrogens is 2. The number of pyridine rings is 1. The largest absolute Gasteiger partial charge is 0.478 e. The van der Waals surface area contributed by atoms with Gasteiger partial charge in [-0.1, -0.05) is 12.1 Å². The molecule has 28 heavy (non-hydrogen) atoms. The van der Waals surface area contributed by atoms with Gasteiger partial charge in [0.1, 0.15) is 17.2 Å². The fourth-order valence-electron chi connectivity index (χ4n) is 3.09. The molecule has 0 unspecified atom stereocenters. The van der Waals surface area contributed by atoms with Crippen molar-refractivity contribution in [3.05, 3.63) is 88.4 Å². The van der Waals surface area contributed by atoms with Crippen LogP contribution in [0.4, 0.5) is 15.9 Å². The summed E-state index contributed by atoms with van der Waals surface area (Å²) in [6, 6.07) is 15.7. The molecule has 5 nitrogen and oxygen atoms in total. The van der Waals surface area contributed by atoms with Crippen molar-refractivity contribution in [3.8, 4) is 0 Å². The molecule has 2 N–H and O–H groups in total. The summed E-state index contributed by atoms with van der Waals surface area (Å²) in [5.74, 6) is -1.04. The van der Waals surface area contributed by atoms with E-state index in [0.717, 1.165) is 22.2 Å². The molecule has 2 heterocycles. The van der Waals surface area contributed by atoms with E-state index >= 15 is 0 Å². The lowest BCUT2D eigenvalue weighted by atomic mass is 10.2. The van der Waals surface area contributed by atoms with Crippen molar-refractivity contribution < 1.29 is 14.3 Å². The number of carbonyl (C=O) groups is 1. The Morgan fingerprint density at radius 3 is 2.82 bits per heavy atom. The third-order valence-corrected chi connectivity index (χ3v) is 4.79. The molecule has 0 amide bonds. The Hall–Kier alpha value is -3.19. The second-order valence-electron chi connectivity index (χ2n) is 6.33. The molecular weight excluding hydrogens is 425 g/mol. The lowest BCUT2D eigenvalue weighted by Crippen LogP contribution is -2.05. The number of nitrogens with one attached hydrogen (secondary N) is 1. The van der Waals surface area contributed by atoms with Crippen LogP contribution >= 0.6 is 15.9 Å². The molecule has 0 fully saturated rings. The zero-order valence-corrected chi connectivity index (χ0v) is 16.1. The van der Waals surface area contributed by atoms with Crippen LogP contribution in [0.1, 0.15) is 15.9 Å². The van der Waals surface area contributed by atoms with E-state index in [2.05, 4.69) is 26.2 Å². The number of hydrogen-bond donors (Lipinski definition) is 2. The van der Waals surface area contributed by atoms with Crippen molar-refractivity contribution in [2.75, 3.05) is 5.32 Å². The maximum absolute atomic E-state index is 13.4. The second-order valence-corrected chi connectivity index (χ2v) is 7.24. The topological polar surface area (TPSA) is 67.2 Å². The summed E-state index contributed by atoms with van der Waals surface area (Å²) >= 11 is 3.24. The molecule has 0 saturated carbocycles. The van der Waals surface area contributed by atoms with E-state index in [4.69, 9.17) is 0 Å². The minimum Gasteiger partial charge on any atom is -0.478 e. The van der Waals surface area contributed by atoms with Gasteiger partial charge in [0.05, 0.1) is 0 Å². The van der Waals surface area contributed by atoms with Crippen molar-refractivity contribution in [2.45, 2.75) is 6.54 Å². The van der Waals surface area contributed by atoms with Gasteiger partial charge in [-0.15, -0.1) is 0 Å². The third kappa shape index (κ3) is 3.75. The summed E-state index contributed by atoms with van der Waals surface area (Å²) in [5, 5.41) is 13.4. The maximum Gasteiger partial charge on any atom is 0.339 e. The second kappa shape index (κ2) is 7.44. The lowest BCUT2D eigenvalue weighted by molar-refractivity contribution is 0.0697. The fraction of sp³-hybridized carbons (Fsp3) is 0.0476. The maximum atomic E-state index is 13.4. The molecule has 2 aromatic heterocycles. The van der Waals surface area contributed by atoms with Gasteiger partial charge in [-0.05, 0) is 64.0 Å². The van der Waals surface area contributed by atoms with Crippen LogP contribution in [0.5, 0.6) is 0 Å². The molecule has 2 aromatic carbocycles. The van der Waals surface area contributed by atoms with E-state index in [1.165, 1.54) is 18.2 Å².